The maximum Gasteiger partial charge on any atom is 0.122 e. The van der Waals surface area contributed by atoms with E-state index < -0.39 is 0 Å². The fourth-order valence-corrected chi connectivity index (χ4v) is 1.67. The number of nitrogens with two attached hydrogens (primary N) is 1. The van der Waals surface area contributed by atoms with Gasteiger partial charge >= 0.3 is 0 Å². The molecule has 0 aliphatic heterocycles. The highest BCUT2D eigenvalue weighted by Crippen LogP contribution is 2.18. The first kappa shape index (κ1) is 14.9. The van der Waals surface area contributed by atoms with Crippen LogP contribution >= 0.6 is 0 Å². The summed E-state index contributed by atoms with van der Waals surface area (Å²) in [5, 5.41) is 0. The number of ether oxygens (including phenoxy) is 3. The number of benzene rings is 1. The molecule has 0 aromatic heterocycles. The Balaban J connectivity index is 2.46. The van der Waals surface area contributed by atoms with Gasteiger partial charge in [0.25, 0.3) is 0 Å². The van der Waals surface area contributed by atoms with Crippen LogP contribution in [-0.2, 0) is 15.9 Å². The topological polar surface area (TPSA) is 65.7 Å². The quantitative estimate of drug-likeness (QED) is 0.386. The minimum absolute atomic E-state index is 0.0538. The smallest absolute Gasteiger partial charge is 0.122 e. The molecular formula is C13H22N2O3. The minimum atomic E-state index is 0.0538. The SMILES string of the molecule is COCCOCC(Cc1ccccc1OC)NN. The molecule has 0 spiro atoms. The summed E-state index contributed by atoms with van der Waals surface area (Å²) in [6, 6.07) is 7.95. The molecule has 102 valence electrons. The first-order valence-electron chi connectivity index (χ1n) is 5.96. The fourth-order valence-electron chi connectivity index (χ4n) is 1.67. The van der Waals surface area contributed by atoms with Gasteiger partial charge in [-0.25, -0.2) is 0 Å². The lowest BCUT2D eigenvalue weighted by Gasteiger charge is -2.17. The van der Waals surface area contributed by atoms with Crippen LogP contribution in [0.15, 0.2) is 24.3 Å². The van der Waals surface area contributed by atoms with E-state index in [9.17, 15) is 0 Å². The zero-order valence-corrected chi connectivity index (χ0v) is 11.0. The van der Waals surface area contributed by atoms with Gasteiger partial charge in [-0.05, 0) is 18.1 Å². The average Bonchev–Trinajstić information content (AvgIpc) is 2.42. The molecule has 0 amide bonds. The third kappa shape index (κ3) is 5.01. The molecule has 1 unspecified atom stereocenters. The van der Waals surface area contributed by atoms with E-state index >= 15 is 0 Å². The summed E-state index contributed by atoms with van der Waals surface area (Å²) < 4.78 is 15.7. The highest BCUT2D eigenvalue weighted by Gasteiger charge is 2.11. The number of hydrazine groups is 1. The maximum atomic E-state index is 5.52. The van der Waals surface area contributed by atoms with Gasteiger partial charge in [-0.1, -0.05) is 18.2 Å². The first-order valence-corrected chi connectivity index (χ1v) is 5.96. The molecule has 0 aliphatic rings. The number of hydrogen-bond acceptors (Lipinski definition) is 5. The predicted molar refractivity (Wildman–Crippen MR) is 70.5 cm³/mol. The van der Waals surface area contributed by atoms with E-state index in [1.165, 1.54) is 0 Å². The number of rotatable bonds is 9. The van der Waals surface area contributed by atoms with Gasteiger partial charge in [-0.3, -0.25) is 11.3 Å². The maximum absolute atomic E-state index is 5.52. The first-order chi connectivity index (χ1) is 8.81. The Hall–Kier alpha value is -1.14. The van der Waals surface area contributed by atoms with Crippen LogP contribution < -0.4 is 16.0 Å². The largest absolute Gasteiger partial charge is 0.496 e. The van der Waals surface area contributed by atoms with Crippen molar-refractivity contribution in [3.05, 3.63) is 29.8 Å². The molecule has 0 heterocycles. The monoisotopic (exact) mass is 254 g/mol. The van der Waals surface area contributed by atoms with Crippen molar-refractivity contribution < 1.29 is 14.2 Å². The molecule has 0 radical (unpaired) electrons. The van der Waals surface area contributed by atoms with E-state index in [2.05, 4.69) is 5.43 Å². The molecule has 1 rings (SSSR count). The van der Waals surface area contributed by atoms with Crippen LogP contribution in [0.2, 0.25) is 0 Å². The summed E-state index contributed by atoms with van der Waals surface area (Å²) in [6.07, 6.45) is 0.757. The van der Waals surface area contributed by atoms with Crippen molar-refractivity contribution in [2.75, 3.05) is 34.0 Å². The lowest BCUT2D eigenvalue weighted by molar-refractivity contribution is 0.0586. The molecular weight excluding hydrogens is 232 g/mol. The minimum Gasteiger partial charge on any atom is -0.496 e. The molecule has 0 bridgehead atoms. The second kappa shape index (κ2) is 8.88. The molecule has 0 saturated heterocycles. The highest BCUT2D eigenvalue weighted by molar-refractivity contribution is 5.33. The van der Waals surface area contributed by atoms with Crippen molar-refractivity contribution in [1.82, 2.24) is 5.43 Å². The summed E-state index contributed by atoms with van der Waals surface area (Å²) in [7, 11) is 3.32. The van der Waals surface area contributed by atoms with Gasteiger partial charge in [0.2, 0.25) is 0 Å². The Bertz CT molecular complexity index is 334. The van der Waals surface area contributed by atoms with Gasteiger partial charge in [0.05, 0.1) is 26.9 Å². The van der Waals surface area contributed by atoms with Crippen molar-refractivity contribution in [3.8, 4) is 5.75 Å². The number of hydrogen-bond donors (Lipinski definition) is 2. The lowest BCUT2D eigenvalue weighted by Crippen LogP contribution is -2.40. The molecule has 0 aliphatic carbocycles. The van der Waals surface area contributed by atoms with E-state index in [0.717, 1.165) is 17.7 Å². The van der Waals surface area contributed by atoms with E-state index in [0.29, 0.717) is 19.8 Å². The van der Waals surface area contributed by atoms with Gasteiger partial charge in [0.1, 0.15) is 5.75 Å². The molecule has 3 N–H and O–H groups in total. The zero-order chi connectivity index (χ0) is 13.2. The highest BCUT2D eigenvalue weighted by atomic mass is 16.5. The summed E-state index contributed by atoms with van der Waals surface area (Å²) in [6.45, 7) is 1.70. The number of methoxy groups -OCH3 is 2. The Kier molecular flexibility index (Phi) is 7.36. The van der Waals surface area contributed by atoms with Crippen LogP contribution in [0, 0.1) is 0 Å². The predicted octanol–water partition coefficient (Wildman–Crippen LogP) is 0.733. The summed E-state index contributed by atoms with van der Waals surface area (Å²) in [4.78, 5) is 0. The summed E-state index contributed by atoms with van der Waals surface area (Å²) in [5.74, 6) is 6.39. The number of nitrogens with one attached hydrogen (secondary N) is 1. The summed E-state index contributed by atoms with van der Waals surface area (Å²) in [5.41, 5.74) is 3.87. The van der Waals surface area contributed by atoms with Crippen molar-refractivity contribution in [2.45, 2.75) is 12.5 Å². The average molecular weight is 254 g/mol. The van der Waals surface area contributed by atoms with Crippen LogP contribution in [0.5, 0.6) is 5.75 Å². The molecule has 1 atom stereocenters. The van der Waals surface area contributed by atoms with Crippen molar-refractivity contribution in [2.24, 2.45) is 5.84 Å². The van der Waals surface area contributed by atoms with Crippen LogP contribution in [0.1, 0.15) is 5.56 Å². The third-order valence-electron chi connectivity index (χ3n) is 2.65. The van der Waals surface area contributed by atoms with Gasteiger partial charge in [0.15, 0.2) is 0 Å². The van der Waals surface area contributed by atoms with Gasteiger partial charge in [0, 0.05) is 13.2 Å². The Morgan fingerprint density at radius 2 is 2.00 bits per heavy atom. The van der Waals surface area contributed by atoms with Gasteiger partial charge < -0.3 is 14.2 Å². The van der Waals surface area contributed by atoms with Crippen molar-refractivity contribution in [3.63, 3.8) is 0 Å². The van der Waals surface area contributed by atoms with Gasteiger partial charge in [-0.15, -0.1) is 0 Å². The molecule has 5 nitrogen and oxygen atoms in total. The second-order valence-electron chi connectivity index (χ2n) is 3.95. The fraction of sp³-hybridized carbons (Fsp3) is 0.538. The van der Waals surface area contributed by atoms with Crippen LogP contribution in [-0.4, -0.2) is 40.1 Å². The number of para-hydroxylation sites is 1. The second-order valence-corrected chi connectivity index (χ2v) is 3.95. The standard InChI is InChI=1S/C13H22N2O3/c1-16-7-8-18-10-12(15-14)9-11-5-3-4-6-13(11)17-2/h3-6,12,15H,7-10,14H2,1-2H3. The van der Waals surface area contributed by atoms with E-state index in [4.69, 9.17) is 20.1 Å². The molecule has 0 saturated carbocycles. The third-order valence-corrected chi connectivity index (χ3v) is 2.65. The molecule has 1 aromatic carbocycles. The lowest BCUT2D eigenvalue weighted by atomic mass is 10.1. The van der Waals surface area contributed by atoms with E-state index in [1.54, 1.807) is 14.2 Å². The van der Waals surface area contributed by atoms with Crippen molar-refractivity contribution >= 4 is 0 Å². The van der Waals surface area contributed by atoms with Crippen LogP contribution in [0.3, 0.4) is 0 Å². The Morgan fingerprint density at radius 3 is 2.67 bits per heavy atom. The van der Waals surface area contributed by atoms with E-state index in [-0.39, 0.29) is 6.04 Å². The molecule has 5 heteroatoms. The van der Waals surface area contributed by atoms with Gasteiger partial charge in [-0.2, -0.15) is 0 Å². The molecule has 1 aromatic rings. The van der Waals surface area contributed by atoms with Crippen molar-refractivity contribution in [1.29, 1.82) is 0 Å². The van der Waals surface area contributed by atoms with Crippen LogP contribution in [0.4, 0.5) is 0 Å². The van der Waals surface area contributed by atoms with Crippen LogP contribution in [0.25, 0.3) is 0 Å². The van der Waals surface area contributed by atoms with E-state index in [1.807, 2.05) is 24.3 Å². The molecule has 18 heavy (non-hydrogen) atoms. The Labute approximate surface area is 108 Å². The normalized spacial score (nSPS) is 12.4. The summed E-state index contributed by atoms with van der Waals surface area (Å²) >= 11 is 0. The Morgan fingerprint density at radius 1 is 1.22 bits per heavy atom. The molecule has 0 fully saturated rings. The zero-order valence-electron chi connectivity index (χ0n) is 11.0.